The highest BCUT2D eigenvalue weighted by Gasteiger charge is 2.34. The maximum atomic E-state index is 5.85. The highest BCUT2D eigenvalue weighted by atomic mass is 32.1. The Morgan fingerprint density at radius 1 is 0.943 bits per heavy atom. The van der Waals surface area contributed by atoms with Gasteiger partial charge in [0.05, 0.1) is 18.7 Å². The first kappa shape index (κ1) is 22.8. The summed E-state index contributed by atoms with van der Waals surface area (Å²) in [6.07, 6.45) is 0. The number of benzene rings is 3. The van der Waals surface area contributed by atoms with Crippen molar-refractivity contribution in [2.75, 3.05) is 12.0 Å². The van der Waals surface area contributed by atoms with Crippen LogP contribution in [0.3, 0.4) is 0 Å². The molecular formula is C28H26N4O2S. The molecule has 0 radical (unpaired) electrons. The van der Waals surface area contributed by atoms with Gasteiger partial charge in [0.25, 0.3) is 5.89 Å². The molecule has 7 heteroatoms. The van der Waals surface area contributed by atoms with Gasteiger partial charge < -0.3 is 14.6 Å². The van der Waals surface area contributed by atoms with E-state index in [0.717, 1.165) is 39.4 Å². The molecule has 0 aliphatic carbocycles. The molecule has 3 aromatic carbocycles. The average molecular weight is 483 g/mol. The third kappa shape index (κ3) is 4.42. The maximum Gasteiger partial charge on any atom is 0.258 e. The molecule has 0 fully saturated rings. The molecule has 0 bridgehead atoms. The Bertz CT molecular complexity index is 1420. The van der Waals surface area contributed by atoms with Gasteiger partial charge in [-0.3, -0.25) is 4.90 Å². The van der Waals surface area contributed by atoms with Crippen LogP contribution < -0.4 is 15.0 Å². The van der Waals surface area contributed by atoms with Gasteiger partial charge in [-0.25, -0.2) is 0 Å². The summed E-state index contributed by atoms with van der Waals surface area (Å²) in [4.78, 5) is 6.82. The van der Waals surface area contributed by atoms with Crippen LogP contribution in [0.25, 0.3) is 17.0 Å². The number of nitrogens with one attached hydrogen (secondary N) is 1. The minimum Gasteiger partial charge on any atom is -0.497 e. The van der Waals surface area contributed by atoms with Crippen molar-refractivity contribution in [1.29, 1.82) is 0 Å². The standard InChI is InChI=1S/C28H26N4O2S/c1-17-11-13-20(14-12-17)25-24(19(3)32(28(35)29-25)22-9-5-7-18(2)15-22)27-30-26(31-34-27)21-8-6-10-23(16-21)33-4/h5-16,25H,1-4H3,(H,29,35). The molecule has 1 unspecified atom stereocenters. The number of ether oxygens (including phenoxy) is 1. The molecule has 1 aliphatic rings. The van der Waals surface area contributed by atoms with Crippen LogP contribution >= 0.6 is 12.2 Å². The zero-order valence-electron chi connectivity index (χ0n) is 20.1. The fourth-order valence-electron chi connectivity index (χ4n) is 4.32. The van der Waals surface area contributed by atoms with E-state index in [2.05, 4.69) is 60.7 Å². The Hall–Kier alpha value is -3.97. The minimum atomic E-state index is -0.234. The fourth-order valence-corrected chi connectivity index (χ4v) is 4.68. The molecule has 6 nitrogen and oxygen atoms in total. The van der Waals surface area contributed by atoms with Crippen molar-refractivity contribution >= 4 is 28.6 Å². The summed E-state index contributed by atoms with van der Waals surface area (Å²) >= 11 is 5.84. The lowest BCUT2D eigenvalue weighted by molar-refractivity contribution is 0.403. The lowest BCUT2D eigenvalue weighted by atomic mass is 9.94. The molecule has 0 saturated carbocycles. The zero-order valence-corrected chi connectivity index (χ0v) is 20.9. The van der Waals surface area contributed by atoms with Gasteiger partial charge in [0.1, 0.15) is 5.75 Å². The molecule has 0 spiro atoms. The molecule has 1 N–H and O–H groups in total. The average Bonchev–Trinajstić information content (AvgIpc) is 3.34. The third-order valence-corrected chi connectivity index (χ3v) is 6.44. The Morgan fingerprint density at radius 2 is 1.71 bits per heavy atom. The number of anilines is 1. The number of rotatable bonds is 5. The van der Waals surface area contributed by atoms with Gasteiger partial charge in [0.15, 0.2) is 5.11 Å². The first-order valence-corrected chi connectivity index (χ1v) is 11.8. The van der Waals surface area contributed by atoms with Gasteiger partial charge in [-0.1, -0.05) is 59.3 Å². The lowest BCUT2D eigenvalue weighted by Crippen LogP contribution is -2.46. The number of methoxy groups -OCH3 is 1. The number of allylic oxidation sites excluding steroid dienone is 1. The number of hydrogen-bond acceptors (Lipinski definition) is 5. The number of nitrogens with zero attached hydrogens (tertiary/aromatic N) is 3. The summed E-state index contributed by atoms with van der Waals surface area (Å²) in [5, 5.41) is 8.43. The van der Waals surface area contributed by atoms with Crippen molar-refractivity contribution < 1.29 is 9.26 Å². The summed E-state index contributed by atoms with van der Waals surface area (Å²) in [6.45, 7) is 6.18. The van der Waals surface area contributed by atoms with Crippen molar-refractivity contribution in [3.05, 3.63) is 101 Å². The Morgan fingerprint density at radius 3 is 2.46 bits per heavy atom. The molecule has 35 heavy (non-hydrogen) atoms. The molecule has 176 valence electrons. The molecule has 1 aliphatic heterocycles. The quantitative estimate of drug-likeness (QED) is 0.338. The monoisotopic (exact) mass is 482 g/mol. The minimum absolute atomic E-state index is 0.234. The molecule has 2 heterocycles. The van der Waals surface area contributed by atoms with Gasteiger partial charge >= 0.3 is 0 Å². The van der Waals surface area contributed by atoms with Crippen LogP contribution in [0.1, 0.15) is 35.5 Å². The van der Waals surface area contributed by atoms with Gasteiger partial charge in [-0.05, 0) is 68.4 Å². The van der Waals surface area contributed by atoms with Crippen molar-refractivity contribution in [1.82, 2.24) is 15.5 Å². The summed E-state index contributed by atoms with van der Waals surface area (Å²) in [7, 11) is 1.64. The van der Waals surface area contributed by atoms with Gasteiger partial charge in [-0.15, -0.1) is 0 Å². The first-order valence-electron chi connectivity index (χ1n) is 11.4. The highest BCUT2D eigenvalue weighted by molar-refractivity contribution is 7.80. The highest BCUT2D eigenvalue weighted by Crippen LogP contribution is 2.39. The van der Waals surface area contributed by atoms with Gasteiger partial charge in [-0.2, -0.15) is 4.98 Å². The van der Waals surface area contributed by atoms with E-state index in [0.29, 0.717) is 16.8 Å². The topological polar surface area (TPSA) is 63.4 Å². The number of thiocarbonyl (C=S) groups is 1. The lowest BCUT2D eigenvalue weighted by Gasteiger charge is -2.37. The summed E-state index contributed by atoms with van der Waals surface area (Å²) in [5.41, 5.74) is 7.02. The summed E-state index contributed by atoms with van der Waals surface area (Å²) in [6, 6.07) is 24.0. The predicted octanol–water partition coefficient (Wildman–Crippen LogP) is 6.23. The van der Waals surface area contributed by atoms with Crippen molar-refractivity contribution in [3.63, 3.8) is 0 Å². The third-order valence-electron chi connectivity index (χ3n) is 6.14. The van der Waals surface area contributed by atoms with Crippen molar-refractivity contribution in [3.8, 4) is 17.1 Å². The molecule has 1 atom stereocenters. The second-order valence-corrected chi connectivity index (χ2v) is 9.01. The number of aryl methyl sites for hydroxylation is 2. The number of aromatic nitrogens is 2. The van der Waals surface area contributed by atoms with E-state index < -0.39 is 0 Å². The molecule has 0 saturated heterocycles. The van der Waals surface area contributed by atoms with Gasteiger partial charge in [0, 0.05) is 16.9 Å². The van der Waals surface area contributed by atoms with E-state index in [1.54, 1.807) is 7.11 Å². The summed E-state index contributed by atoms with van der Waals surface area (Å²) in [5.74, 6) is 1.67. The van der Waals surface area contributed by atoms with E-state index >= 15 is 0 Å². The van der Waals surface area contributed by atoms with Crippen LogP contribution in [-0.2, 0) is 0 Å². The Labute approximate surface area is 210 Å². The van der Waals surface area contributed by atoms with Crippen LogP contribution in [-0.4, -0.2) is 22.4 Å². The normalized spacial score (nSPS) is 15.8. The van der Waals surface area contributed by atoms with Gasteiger partial charge in [0.2, 0.25) is 5.82 Å². The van der Waals surface area contributed by atoms with Crippen molar-refractivity contribution in [2.45, 2.75) is 26.8 Å². The SMILES string of the molecule is COc1cccc(-c2noc(C3=C(C)N(c4cccc(C)c4)C(=S)NC3c3ccc(C)cc3)n2)c1. The number of hydrogen-bond donors (Lipinski definition) is 1. The summed E-state index contributed by atoms with van der Waals surface area (Å²) < 4.78 is 11.2. The molecule has 1 aromatic heterocycles. The fraction of sp³-hybridized carbons (Fsp3) is 0.179. The van der Waals surface area contributed by atoms with Crippen LogP contribution in [0.15, 0.2) is 83.0 Å². The van der Waals surface area contributed by atoms with Crippen LogP contribution in [0.5, 0.6) is 5.75 Å². The molecule has 5 rings (SSSR count). The first-order chi connectivity index (χ1) is 16.9. The zero-order chi connectivity index (χ0) is 24.5. The molecule has 0 amide bonds. The van der Waals surface area contributed by atoms with E-state index in [1.165, 1.54) is 5.56 Å². The van der Waals surface area contributed by atoms with Crippen LogP contribution in [0.4, 0.5) is 5.69 Å². The van der Waals surface area contributed by atoms with E-state index in [4.69, 9.17) is 26.5 Å². The van der Waals surface area contributed by atoms with E-state index in [1.807, 2.05) is 48.2 Å². The smallest absolute Gasteiger partial charge is 0.258 e. The largest absolute Gasteiger partial charge is 0.497 e. The second-order valence-electron chi connectivity index (χ2n) is 8.62. The maximum absolute atomic E-state index is 5.85. The Kier molecular flexibility index (Phi) is 6.09. The van der Waals surface area contributed by atoms with E-state index in [-0.39, 0.29) is 6.04 Å². The second kappa shape index (κ2) is 9.35. The predicted molar refractivity (Wildman–Crippen MR) is 142 cm³/mol. The van der Waals surface area contributed by atoms with Crippen LogP contribution in [0, 0.1) is 13.8 Å². The molecular weight excluding hydrogens is 456 g/mol. The molecule has 4 aromatic rings. The van der Waals surface area contributed by atoms with Crippen molar-refractivity contribution in [2.24, 2.45) is 0 Å². The Balaban J connectivity index is 1.65. The van der Waals surface area contributed by atoms with Crippen LogP contribution in [0.2, 0.25) is 0 Å². The van der Waals surface area contributed by atoms with E-state index in [9.17, 15) is 0 Å².